The van der Waals surface area contributed by atoms with Crippen LogP contribution in [0.2, 0.25) is 0 Å². The van der Waals surface area contributed by atoms with Crippen molar-refractivity contribution in [3.8, 4) is 34.5 Å². The Morgan fingerprint density at radius 2 is 1.01 bits per heavy atom. The molecule has 5 aromatic rings. The summed E-state index contributed by atoms with van der Waals surface area (Å²) in [7, 11) is 2.66. The second-order valence-corrected chi connectivity index (χ2v) is 16.6. The van der Waals surface area contributed by atoms with Crippen LogP contribution in [0.1, 0.15) is 82.4 Å². The summed E-state index contributed by atoms with van der Waals surface area (Å²) in [5.41, 5.74) is 7.90. The molecule has 0 heterocycles. The average molecular weight is 1020 g/mol. The summed E-state index contributed by atoms with van der Waals surface area (Å²) in [5.74, 6) is -6.66. The van der Waals surface area contributed by atoms with E-state index >= 15 is 0 Å². The van der Waals surface area contributed by atoms with Crippen molar-refractivity contribution in [2.45, 2.75) is 69.5 Å². The topological polar surface area (TPSA) is 190 Å². The molecule has 0 fully saturated rings. The standard InChI is InChI=1S/C54H53F6NO12/c1-68-47-32-36(10-24-45(47)72-50(64)38-13-20-43(21-14-38)70-29-5-3-27-52(55,56)57)9-19-42(62)34-40(31-35-7-17-41(61)18-8-35)54(66,67)49(63)26-12-37-11-25-46(48(33-37)69-2)73-51(65)39-15-22-44(23-16-39)71-30-6-4-28-53(58,59)60/h7-26,32-33,40,66-67H,3-6,27-31,34,61H2,1-2H3/b19-9+,26-12+. The third-order valence-corrected chi connectivity index (χ3v) is 10.9. The first kappa shape index (κ1) is 56.3. The molecular weight excluding hydrogens is 969 g/mol. The van der Waals surface area contributed by atoms with Gasteiger partial charge in [-0.15, -0.1) is 0 Å². The number of unbranched alkanes of at least 4 members (excludes halogenated alkanes) is 2. The number of carbonyl (C=O) groups excluding carboxylic acids is 4. The maximum Gasteiger partial charge on any atom is 0.389 e. The number of aliphatic hydroxyl groups is 2. The highest BCUT2D eigenvalue weighted by Gasteiger charge is 2.41. The van der Waals surface area contributed by atoms with Crippen molar-refractivity contribution in [2.24, 2.45) is 5.92 Å². The Balaban J connectivity index is 1.20. The number of esters is 2. The zero-order chi connectivity index (χ0) is 53.2. The van der Waals surface area contributed by atoms with E-state index in [1.54, 1.807) is 24.3 Å². The highest BCUT2D eigenvalue weighted by atomic mass is 19.4. The average Bonchev–Trinajstić information content (AvgIpc) is 3.35. The van der Waals surface area contributed by atoms with Crippen LogP contribution in [0.15, 0.2) is 121 Å². The van der Waals surface area contributed by atoms with Crippen LogP contribution in [0.3, 0.4) is 0 Å². The fourth-order valence-corrected chi connectivity index (χ4v) is 6.96. The van der Waals surface area contributed by atoms with Crippen molar-refractivity contribution in [1.29, 1.82) is 0 Å². The summed E-state index contributed by atoms with van der Waals surface area (Å²) in [6.45, 7) is 0.134. The number of methoxy groups -OCH3 is 2. The second-order valence-electron chi connectivity index (χ2n) is 16.6. The van der Waals surface area contributed by atoms with E-state index in [0.29, 0.717) is 33.9 Å². The molecule has 0 aliphatic heterocycles. The van der Waals surface area contributed by atoms with E-state index in [9.17, 15) is 55.7 Å². The molecule has 4 N–H and O–H groups in total. The molecule has 0 aromatic heterocycles. The molecule has 73 heavy (non-hydrogen) atoms. The van der Waals surface area contributed by atoms with Gasteiger partial charge in [0.2, 0.25) is 11.6 Å². The van der Waals surface area contributed by atoms with E-state index in [-0.39, 0.29) is 79.4 Å². The first-order valence-corrected chi connectivity index (χ1v) is 22.7. The maximum absolute atomic E-state index is 13.6. The molecule has 0 spiro atoms. The number of benzene rings is 5. The fraction of sp³-hybridized carbons (Fsp3) is 0.296. The lowest BCUT2D eigenvalue weighted by molar-refractivity contribution is -0.199. The largest absolute Gasteiger partial charge is 0.494 e. The van der Waals surface area contributed by atoms with Crippen LogP contribution < -0.4 is 34.2 Å². The highest BCUT2D eigenvalue weighted by molar-refractivity contribution is 6.00. The third-order valence-electron chi connectivity index (χ3n) is 10.9. The number of allylic oxidation sites excluding steroid dienone is 1. The Hall–Kier alpha value is -7.64. The Kier molecular flexibility index (Phi) is 20.2. The molecule has 388 valence electrons. The maximum atomic E-state index is 13.6. The molecular formula is C54H53F6NO12. The van der Waals surface area contributed by atoms with Crippen LogP contribution in [-0.4, -0.2) is 79.3 Å². The number of alkyl halides is 6. The van der Waals surface area contributed by atoms with E-state index in [4.69, 9.17) is 34.2 Å². The van der Waals surface area contributed by atoms with Crippen LogP contribution >= 0.6 is 0 Å². The monoisotopic (exact) mass is 1020 g/mol. The summed E-state index contributed by atoms with van der Waals surface area (Å²) in [4.78, 5) is 52.9. The van der Waals surface area contributed by atoms with Gasteiger partial charge in [0.05, 0.1) is 38.6 Å². The quantitative estimate of drug-likeness (QED) is 0.00903. The Labute approximate surface area is 416 Å². The SMILES string of the molecule is COc1cc(/C=C/C(=O)CC(Cc2ccc(N)cc2)C(O)(O)C(=O)/C=C/c2ccc(OC(=O)c3ccc(OCCCCC(F)(F)F)cc3)c(OC)c2)ccc1OC(=O)c1ccc(OCCCCC(F)(F)F)cc1. The predicted octanol–water partition coefficient (Wildman–Crippen LogP) is 10.7. The Morgan fingerprint density at radius 1 is 0.575 bits per heavy atom. The van der Waals surface area contributed by atoms with Gasteiger partial charge in [-0.1, -0.05) is 36.4 Å². The summed E-state index contributed by atoms with van der Waals surface area (Å²) in [6, 6.07) is 26.8. The summed E-state index contributed by atoms with van der Waals surface area (Å²) in [6.07, 6.45) is -5.84. The van der Waals surface area contributed by atoms with Crippen LogP contribution in [-0.2, 0) is 16.0 Å². The third kappa shape index (κ3) is 18.5. The van der Waals surface area contributed by atoms with Gasteiger partial charge in [0.1, 0.15) is 11.5 Å². The van der Waals surface area contributed by atoms with Gasteiger partial charge in [0, 0.05) is 30.9 Å². The molecule has 0 aliphatic carbocycles. The molecule has 13 nitrogen and oxygen atoms in total. The fourth-order valence-electron chi connectivity index (χ4n) is 6.96. The lowest BCUT2D eigenvalue weighted by Crippen LogP contribution is -2.46. The molecule has 0 saturated heterocycles. The van der Waals surface area contributed by atoms with Gasteiger partial charge >= 0.3 is 24.3 Å². The van der Waals surface area contributed by atoms with Crippen LogP contribution in [0.25, 0.3) is 12.2 Å². The smallest absolute Gasteiger partial charge is 0.389 e. The van der Waals surface area contributed by atoms with Crippen molar-refractivity contribution in [1.82, 2.24) is 0 Å². The number of anilines is 1. The molecule has 0 saturated carbocycles. The first-order valence-electron chi connectivity index (χ1n) is 22.7. The molecule has 19 heteroatoms. The van der Waals surface area contributed by atoms with Crippen molar-refractivity contribution < 1.29 is 84.2 Å². The molecule has 0 amide bonds. The van der Waals surface area contributed by atoms with Crippen molar-refractivity contribution in [3.05, 3.63) is 149 Å². The number of ketones is 2. The van der Waals surface area contributed by atoms with Gasteiger partial charge < -0.3 is 44.4 Å². The summed E-state index contributed by atoms with van der Waals surface area (Å²) in [5, 5.41) is 22.8. The lowest BCUT2D eigenvalue weighted by atomic mass is 9.84. The number of halogens is 6. The number of ether oxygens (including phenoxy) is 6. The minimum atomic E-state index is -4.23. The van der Waals surface area contributed by atoms with E-state index in [2.05, 4.69) is 0 Å². The van der Waals surface area contributed by atoms with Crippen molar-refractivity contribution in [2.75, 3.05) is 33.2 Å². The zero-order valence-electron chi connectivity index (χ0n) is 39.7. The molecule has 5 rings (SSSR count). The summed E-state index contributed by atoms with van der Waals surface area (Å²) >= 11 is 0. The zero-order valence-corrected chi connectivity index (χ0v) is 39.7. The van der Waals surface area contributed by atoms with Crippen molar-refractivity contribution in [3.63, 3.8) is 0 Å². The normalized spacial score (nSPS) is 12.4. The predicted molar refractivity (Wildman–Crippen MR) is 258 cm³/mol. The minimum absolute atomic E-state index is 0.0154. The second kappa shape index (κ2) is 26.2. The van der Waals surface area contributed by atoms with Crippen LogP contribution in [0, 0.1) is 5.92 Å². The number of rotatable bonds is 26. The minimum Gasteiger partial charge on any atom is -0.494 e. The number of carbonyl (C=O) groups is 4. The molecule has 1 unspecified atom stereocenters. The van der Waals surface area contributed by atoms with Gasteiger partial charge in [0.25, 0.3) is 0 Å². The molecule has 1 atom stereocenters. The van der Waals surface area contributed by atoms with Crippen LogP contribution in [0.4, 0.5) is 32.0 Å². The lowest BCUT2D eigenvalue weighted by Gasteiger charge is -2.28. The molecule has 0 radical (unpaired) electrons. The van der Waals surface area contributed by atoms with Gasteiger partial charge in [0.15, 0.2) is 28.8 Å². The number of hydrogen-bond acceptors (Lipinski definition) is 13. The number of nitrogens with two attached hydrogens (primary N) is 1. The molecule has 0 aliphatic rings. The molecule has 5 aromatic carbocycles. The number of hydrogen-bond donors (Lipinski definition) is 3. The van der Waals surface area contributed by atoms with Gasteiger partial charge in [-0.2, -0.15) is 26.3 Å². The van der Waals surface area contributed by atoms with E-state index < -0.39 is 66.8 Å². The highest BCUT2D eigenvalue weighted by Crippen LogP contribution is 2.33. The first-order chi connectivity index (χ1) is 34.6. The number of nitrogen functional groups attached to an aromatic ring is 1. The van der Waals surface area contributed by atoms with Gasteiger partial charge in [-0.05, 0) is 146 Å². The van der Waals surface area contributed by atoms with Gasteiger partial charge in [-0.25, -0.2) is 9.59 Å². The van der Waals surface area contributed by atoms with E-state index in [0.717, 1.165) is 6.08 Å². The van der Waals surface area contributed by atoms with Crippen LogP contribution in [0.5, 0.6) is 34.5 Å². The van der Waals surface area contributed by atoms with E-state index in [1.807, 2.05) is 0 Å². The molecule has 0 bridgehead atoms. The van der Waals surface area contributed by atoms with Gasteiger partial charge in [-0.3, -0.25) is 9.59 Å². The Bertz CT molecular complexity index is 2700. The summed E-state index contributed by atoms with van der Waals surface area (Å²) < 4.78 is 107. The van der Waals surface area contributed by atoms with Crippen molar-refractivity contribution >= 4 is 41.3 Å². The Morgan fingerprint density at radius 3 is 1.44 bits per heavy atom. The van der Waals surface area contributed by atoms with E-state index in [1.165, 1.54) is 117 Å².